The van der Waals surface area contributed by atoms with Gasteiger partial charge in [-0.05, 0) is 43.5 Å². The fourth-order valence-electron chi connectivity index (χ4n) is 2.40. The average Bonchev–Trinajstić information content (AvgIpc) is 2.90. The summed E-state index contributed by atoms with van der Waals surface area (Å²) in [4.78, 5) is 16.8. The Balaban J connectivity index is 2.19. The van der Waals surface area contributed by atoms with E-state index in [1.807, 2.05) is 13.0 Å². The number of rotatable bonds is 3. The zero-order chi connectivity index (χ0) is 15.0. The van der Waals surface area contributed by atoms with Gasteiger partial charge in [-0.1, -0.05) is 13.0 Å². The van der Waals surface area contributed by atoms with E-state index in [9.17, 15) is 4.79 Å². The number of hydrogen-bond acceptors (Lipinski definition) is 3. The summed E-state index contributed by atoms with van der Waals surface area (Å²) in [6.45, 7) is 6.85. The number of aromatic nitrogens is 4. The maximum Gasteiger partial charge on any atom is 0.264 e. The smallest absolute Gasteiger partial charge is 0.264 e. The molecule has 3 aromatic rings. The van der Waals surface area contributed by atoms with Crippen LogP contribution >= 0.6 is 0 Å². The van der Waals surface area contributed by atoms with Crippen molar-refractivity contribution in [1.82, 2.24) is 19.3 Å². The summed E-state index contributed by atoms with van der Waals surface area (Å²) in [7, 11) is 0. The summed E-state index contributed by atoms with van der Waals surface area (Å²) in [5.74, 6) is 0. The lowest BCUT2D eigenvalue weighted by Crippen LogP contribution is -2.20. The molecule has 2 aromatic heterocycles. The van der Waals surface area contributed by atoms with Crippen molar-refractivity contribution in [2.45, 2.75) is 33.7 Å². The molecule has 0 saturated heterocycles. The third kappa shape index (κ3) is 2.24. The van der Waals surface area contributed by atoms with Gasteiger partial charge in [0, 0.05) is 6.54 Å². The Kier molecular flexibility index (Phi) is 3.33. The van der Waals surface area contributed by atoms with Crippen molar-refractivity contribution < 1.29 is 0 Å². The van der Waals surface area contributed by atoms with Crippen LogP contribution in [0.5, 0.6) is 0 Å². The molecule has 0 aliphatic rings. The highest BCUT2D eigenvalue weighted by atomic mass is 16.1. The van der Waals surface area contributed by atoms with E-state index < -0.39 is 0 Å². The predicted molar refractivity (Wildman–Crippen MR) is 82.9 cm³/mol. The molecule has 0 saturated carbocycles. The van der Waals surface area contributed by atoms with Gasteiger partial charge in [0.05, 0.1) is 18.2 Å². The van der Waals surface area contributed by atoms with Crippen molar-refractivity contribution in [2.24, 2.45) is 0 Å². The zero-order valence-corrected chi connectivity index (χ0v) is 12.5. The largest absolute Gasteiger partial charge is 0.299 e. The number of nitrogens with zero attached hydrogens (tertiary/aromatic N) is 4. The number of hydrogen-bond donors (Lipinski definition) is 0. The zero-order valence-electron chi connectivity index (χ0n) is 12.5. The van der Waals surface area contributed by atoms with Crippen LogP contribution < -0.4 is 5.56 Å². The highest BCUT2D eigenvalue weighted by Crippen LogP contribution is 2.17. The SMILES string of the molecule is CCCn1cnc2c(cnn2-c2ccc(C)c(C)c2)c1=O. The Bertz CT molecular complexity index is 860. The van der Waals surface area contributed by atoms with Crippen LogP contribution in [0.2, 0.25) is 0 Å². The molecular weight excluding hydrogens is 264 g/mol. The summed E-state index contributed by atoms with van der Waals surface area (Å²) >= 11 is 0. The topological polar surface area (TPSA) is 52.7 Å². The molecule has 0 aliphatic carbocycles. The van der Waals surface area contributed by atoms with Crippen LogP contribution in [0.25, 0.3) is 16.7 Å². The fourth-order valence-corrected chi connectivity index (χ4v) is 2.40. The summed E-state index contributed by atoms with van der Waals surface area (Å²) in [5.41, 5.74) is 3.92. The van der Waals surface area contributed by atoms with E-state index in [0.29, 0.717) is 17.6 Å². The first-order valence-corrected chi connectivity index (χ1v) is 7.12. The molecule has 0 aliphatic heterocycles. The van der Waals surface area contributed by atoms with E-state index in [4.69, 9.17) is 0 Å². The highest BCUT2D eigenvalue weighted by molar-refractivity contribution is 5.75. The minimum Gasteiger partial charge on any atom is -0.299 e. The predicted octanol–water partition coefficient (Wildman–Crippen LogP) is 2.61. The first-order valence-electron chi connectivity index (χ1n) is 7.12. The Hall–Kier alpha value is -2.43. The van der Waals surface area contributed by atoms with Gasteiger partial charge < -0.3 is 0 Å². The highest BCUT2D eigenvalue weighted by Gasteiger charge is 2.11. The summed E-state index contributed by atoms with van der Waals surface area (Å²) in [6, 6.07) is 6.10. The summed E-state index contributed by atoms with van der Waals surface area (Å²) in [5, 5.41) is 4.90. The molecule has 1 aromatic carbocycles. The molecule has 21 heavy (non-hydrogen) atoms. The number of aryl methyl sites for hydroxylation is 3. The van der Waals surface area contributed by atoms with Crippen LogP contribution in [-0.4, -0.2) is 19.3 Å². The van der Waals surface area contributed by atoms with Gasteiger partial charge in [0.2, 0.25) is 0 Å². The average molecular weight is 282 g/mol. The lowest BCUT2D eigenvalue weighted by atomic mass is 10.1. The van der Waals surface area contributed by atoms with Gasteiger partial charge in [0.1, 0.15) is 5.39 Å². The Morgan fingerprint density at radius 3 is 2.71 bits per heavy atom. The van der Waals surface area contributed by atoms with Gasteiger partial charge in [-0.3, -0.25) is 9.36 Å². The van der Waals surface area contributed by atoms with Crippen molar-refractivity contribution in [3.8, 4) is 5.69 Å². The van der Waals surface area contributed by atoms with Gasteiger partial charge in [0.25, 0.3) is 5.56 Å². The summed E-state index contributed by atoms with van der Waals surface area (Å²) in [6.07, 6.45) is 4.11. The number of fused-ring (bicyclic) bond motifs is 1. The molecule has 0 amide bonds. The monoisotopic (exact) mass is 282 g/mol. The molecule has 5 nitrogen and oxygen atoms in total. The maximum absolute atomic E-state index is 12.4. The molecule has 0 N–H and O–H groups in total. The molecule has 0 bridgehead atoms. The van der Waals surface area contributed by atoms with Gasteiger partial charge in [-0.2, -0.15) is 5.10 Å². The van der Waals surface area contributed by atoms with Crippen molar-refractivity contribution in [3.63, 3.8) is 0 Å². The molecule has 0 radical (unpaired) electrons. The van der Waals surface area contributed by atoms with Crippen molar-refractivity contribution >= 4 is 11.0 Å². The van der Waals surface area contributed by atoms with E-state index in [-0.39, 0.29) is 5.56 Å². The van der Waals surface area contributed by atoms with Crippen molar-refractivity contribution in [3.05, 3.63) is 52.2 Å². The molecular formula is C16H18N4O. The molecule has 3 rings (SSSR count). The van der Waals surface area contributed by atoms with Gasteiger partial charge in [-0.25, -0.2) is 9.67 Å². The molecule has 0 spiro atoms. The standard InChI is InChI=1S/C16H18N4O/c1-4-7-19-10-17-15-14(16(19)21)9-18-20(15)13-6-5-11(2)12(3)8-13/h5-6,8-10H,4,7H2,1-3H3. The fraction of sp³-hybridized carbons (Fsp3) is 0.312. The summed E-state index contributed by atoms with van der Waals surface area (Å²) < 4.78 is 3.36. The van der Waals surface area contributed by atoms with Gasteiger partial charge >= 0.3 is 0 Å². The van der Waals surface area contributed by atoms with Crippen LogP contribution in [0.4, 0.5) is 0 Å². The molecule has 108 valence electrons. The van der Waals surface area contributed by atoms with E-state index in [1.165, 1.54) is 11.1 Å². The third-order valence-corrected chi connectivity index (χ3v) is 3.75. The Morgan fingerprint density at radius 2 is 2.00 bits per heavy atom. The van der Waals surface area contributed by atoms with Crippen LogP contribution in [0, 0.1) is 13.8 Å². The Labute approximate surface area is 122 Å². The van der Waals surface area contributed by atoms with E-state index >= 15 is 0 Å². The first-order chi connectivity index (χ1) is 10.1. The normalized spacial score (nSPS) is 11.2. The van der Waals surface area contributed by atoms with Crippen molar-refractivity contribution in [1.29, 1.82) is 0 Å². The molecule has 5 heteroatoms. The number of benzene rings is 1. The second-order valence-electron chi connectivity index (χ2n) is 5.31. The third-order valence-electron chi connectivity index (χ3n) is 3.75. The Morgan fingerprint density at radius 1 is 1.19 bits per heavy atom. The quantitative estimate of drug-likeness (QED) is 0.742. The van der Waals surface area contributed by atoms with Crippen LogP contribution in [-0.2, 0) is 6.54 Å². The first kappa shape index (κ1) is 13.5. The minimum absolute atomic E-state index is 0.0306. The molecule has 2 heterocycles. The van der Waals surface area contributed by atoms with E-state index in [0.717, 1.165) is 12.1 Å². The molecule has 0 unspecified atom stereocenters. The maximum atomic E-state index is 12.4. The van der Waals surface area contributed by atoms with Crippen molar-refractivity contribution in [2.75, 3.05) is 0 Å². The van der Waals surface area contributed by atoms with Crippen LogP contribution in [0.15, 0.2) is 35.5 Å². The minimum atomic E-state index is -0.0306. The van der Waals surface area contributed by atoms with Crippen LogP contribution in [0.1, 0.15) is 24.5 Å². The van der Waals surface area contributed by atoms with E-state index in [2.05, 4.69) is 36.1 Å². The van der Waals surface area contributed by atoms with Gasteiger partial charge in [-0.15, -0.1) is 0 Å². The second kappa shape index (κ2) is 5.16. The molecule has 0 fully saturated rings. The lowest BCUT2D eigenvalue weighted by Gasteiger charge is -2.07. The van der Waals surface area contributed by atoms with Crippen LogP contribution in [0.3, 0.4) is 0 Å². The lowest BCUT2D eigenvalue weighted by molar-refractivity contribution is 0.647. The second-order valence-corrected chi connectivity index (χ2v) is 5.31. The van der Waals surface area contributed by atoms with Gasteiger partial charge in [0.15, 0.2) is 5.65 Å². The molecule has 0 atom stereocenters. The van der Waals surface area contributed by atoms with E-state index in [1.54, 1.807) is 21.8 Å².